The summed E-state index contributed by atoms with van der Waals surface area (Å²) in [5.41, 5.74) is 2.32. The largest absolute Gasteiger partial charge is 0.282 e. The van der Waals surface area contributed by atoms with E-state index in [1.165, 1.54) is 5.56 Å². The SMILES string of the molecule is C/C=C\C(C)(C)N=Cc1ccc(C)cc1. The van der Waals surface area contributed by atoms with Crippen LogP contribution in [0.3, 0.4) is 0 Å². The molecule has 0 saturated heterocycles. The molecule has 0 unspecified atom stereocenters. The molecule has 0 amide bonds. The molecule has 1 nitrogen and oxygen atoms in total. The lowest BCUT2D eigenvalue weighted by Gasteiger charge is -2.13. The Morgan fingerprint density at radius 3 is 2.27 bits per heavy atom. The van der Waals surface area contributed by atoms with E-state index in [0.29, 0.717) is 0 Å². The molecule has 0 radical (unpaired) electrons. The fraction of sp³-hybridized carbons (Fsp3) is 0.357. The third kappa shape index (κ3) is 4.11. The van der Waals surface area contributed by atoms with Crippen molar-refractivity contribution >= 4 is 6.21 Å². The van der Waals surface area contributed by atoms with Gasteiger partial charge in [-0.25, -0.2) is 0 Å². The lowest BCUT2D eigenvalue weighted by atomic mass is 10.1. The maximum atomic E-state index is 4.53. The first-order valence-corrected chi connectivity index (χ1v) is 5.29. The summed E-state index contributed by atoms with van der Waals surface area (Å²) in [6.45, 7) is 8.29. The molecule has 0 aliphatic heterocycles. The summed E-state index contributed by atoms with van der Waals surface area (Å²) in [4.78, 5) is 4.53. The molecule has 0 bridgehead atoms. The van der Waals surface area contributed by atoms with Gasteiger partial charge in [0.25, 0.3) is 0 Å². The summed E-state index contributed by atoms with van der Waals surface area (Å²) in [6, 6.07) is 8.38. The van der Waals surface area contributed by atoms with Crippen LogP contribution < -0.4 is 0 Å². The molecular weight excluding hydrogens is 182 g/mol. The van der Waals surface area contributed by atoms with Gasteiger partial charge in [-0.1, -0.05) is 42.0 Å². The van der Waals surface area contributed by atoms with E-state index in [2.05, 4.69) is 56.1 Å². The first-order valence-electron chi connectivity index (χ1n) is 5.29. The molecule has 1 heteroatoms. The van der Waals surface area contributed by atoms with Crippen LogP contribution >= 0.6 is 0 Å². The summed E-state index contributed by atoms with van der Waals surface area (Å²) in [5.74, 6) is 0. The molecule has 0 N–H and O–H groups in total. The summed E-state index contributed by atoms with van der Waals surface area (Å²) in [5, 5.41) is 0. The van der Waals surface area contributed by atoms with Crippen molar-refractivity contribution in [2.24, 2.45) is 4.99 Å². The average Bonchev–Trinajstić information content (AvgIpc) is 2.17. The quantitative estimate of drug-likeness (QED) is 0.521. The predicted octanol–water partition coefficient (Wildman–Crippen LogP) is 3.77. The molecule has 15 heavy (non-hydrogen) atoms. The summed E-state index contributed by atoms with van der Waals surface area (Å²) in [6.07, 6.45) is 6.06. The van der Waals surface area contributed by atoms with E-state index >= 15 is 0 Å². The van der Waals surface area contributed by atoms with Gasteiger partial charge in [-0.05, 0) is 33.3 Å². The molecular formula is C14H19N. The minimum absolute atomic E-state index is 0.111. The Morgan fingerprint density at radius 1 is 1.13 bits per heavy atom. The van der Waals surface area contributed by atoms with E-state index in [1.54, 1.807) is 0 Å². The Kier molecular flexibility index (Phi) is 3.84. The molecule has 0 aromatic heterocycles. The number of aliphatic imine (C=N–C) groups is 1. The molecule has 0 atom stereocenters. The van der Waals surface area contributed by atoms with Crippen molar-refractivity contribution in [3.05, 3.63) is 47.5 Å². The lowest BCUT2D eigenvalue weighted by molar-refractivity contribution is 0.660. The number of allylic oxidation sites excluding steroid dienone is 1. The van der Waals surface area contributed by atoms with E-state index in [4.69, 9.17) is 0 Å². The highest BCUT2D eigenvalue weighted by molar-refractivity contribution is 5.80. The van der Waals surface area contributed by atoms with Crippen molar-refractivity contribution < 1.29 is 0 Å². The molecule has 0 spiro atoms. The molecule has 80 valence electrons. The van der Waals surface area contributed by atoms with Crippen LogP contribution in [0, 0.1) is 6.92 Å². The van der Waals surface area contributed by atoms with Crippen LogP contribution in [0.1, 0.15) is 31.9 Å². The number of aryl methyl sites for hydroxylation is 1. The van der Waals surface area contributed by atoms with Crippen LogP contribution in [-0.4, -0.2) is 11.8 Å². The third-order valence-corrected chi connectivity index (χ3v) is 2.20. The average molecular weight is 201 g/mol. The zero-order valence-corrected chi connectivity index (χ0v) is 9.99. The Morgan fingerprint density at radius 2 is 1.73 bits per heavy atom. The van der Waals surface area contributed by atoms with Gasteiger partial charge < -0.3 is 0 Å². The highest BCUT2D eigenvalue weighted by atomic mass is 14.8. The third-order valence-electron chi connectivity index (χ3n) is 2.20. The zero-order chi connectivity index (χ0) is 11.3. The standard InChI is InChI=1S/C14H19N/c1-5-10-14(3,4)15-11-13-8-6-12(2)7-9-13/h5-11H,1-4H3/b10-5-,15-11?. The predicted molar refractivity (Wildman–Crippen MR) is 67.7 cm³/mol. The van der Waals surface area contributed by atoms with Gasteiger partial charge in [0.15, 0.2) is 0 Å². The van der Waals surface area contributed by atoms with Gasteiger partial charge in [0.1, 0.15) is 0 Å². The second kappa shape index (κ2) is 4.92. The molecule has 0 saturated carbocycles. The Balaban J connectivity index is 2.77. The smallest absolute Gasteiger partial charge is 0.0731 e. The van der Waals surface area contributed by atoms with Gasteiger partial charge in [0.2, 0.25) is 0 Å². The first kappa shape index (κ1) is 11.7. The van der Waals surface area contributed by atoms with Crippen LogP contribution in [-0.2, 0) is 0 Å². The summed E-state index contributed by atoms with van der Waals surface area (Å²) in [7, 11) is 0. The van der Waals surface area contributed by atoms with Gasteiger partial charge in [-0.3, -0.25) is 4.99 Å². The summed E-state index contributed by atoms with van der Waals surface area (Å²) >= 11 is 0. The number of hydrogen-bond donors (Lipinski definition) is 0. The van der Waals surface area contributed by atoms with Crippen LogP contribution in [0.15, 0.2) is 41.4 Å². The van der Waals surface area contributed by atoms with Crippen molar-refractivity contribution in [3.8, 4) is 0 Å². The molecule has 0 fully saturated rings. The Hall–Kier alpha value is -1.37. The number of nitrogens with zero attached hydrogens (tertiary/aromatic N) is 1. The molecule has 0 heterocycles. The number of benzene rings is 1. The van der Waals surface area contributed by atoms with E-state index in [0.717, 1.165) is 5.56 Å². The fourth-order valence-electron chi connectivity index (χ4n) is 1.34. The van der Waals surface area contributed by atoms with E-state index < -0.39 is 0 Å². The second-order valence-electron chi connectivity index (χ2n) is 4.32. The Bertz CT molecular complexity index is 355. The second-order valence-corrected chi connectivity index (χ2v) is 4.32. The van der Waals surface area contributed by atoms with E-state index in [-0.39, 0.29) is 5.54 Å². The van der Waals surface area contributed by atoms with Crippen molar-refractivity contribution in [2.75, 3.05) is 0 Å². The van der Waals surface area contributed by atoms with E-state index in [9.17, 15) is 0 Å². The molecule has 0 aliphatic carbocycles. The van der Waals surface area contributed by atoms with Crippen LogP contribution in [0.2, 0.25) is 0 Å². The van der Waals surface area contributed by atoms with Crippen LogP contribution in [0.5, 0.6) is 0 Å². The molecule has 0 aliphatic rings. The highest BCUT2D eigenvalue weighted by Crippen LogP contribution is 2.11. The van der Waals surface area contributed by atoms with Gasteiger partial charge in [0, 0.05) is 6.21 Å². The van der Waals surface area contributed by atoms with Gasteiger partial charge in [-0.15, -0.1) is 0 Å². The summed E-state index contributed by atoms with van der Waals surface area (Å²) < 4.78 is 0. The first-order chi connectivity index (χ1) is 7.03. The zero-order valence-electron chi connectivity index (χ0n) is 9.99. The van der Waals surface area contributed by atoms with Crippen molar-refractivity contribution in [1.82, 2.24) is 0 Å². The molecule has 1 rings (SSSR count). The van der Waals surface area contributed by atoms with Crippen LogP contribution in [0.4, 0.5) is 0 Å². The van der Waals surface area contributed by atoms with Gasteiger partial charge in [-0.2, -0.15) is 0 Å². The minimum Gasteiger partial charge on any atom is -0.282 e. The van der Waals surface area contributed by atoms with Crippen molar-refractivity contribution in [2.45, 2.75) is 33.2 Å². The minimum atomic E-state index is -0.111. The molecule has 1 aromatic carbocycles. The monoisotopic (exact) mass is 201 g/mol. The van der Waals surface area contributed by atoms with Crippen molar-refractivity contribution in [1.29, 1.82) is 0 Å². The van der Waals surface area contributed by atoms with Crippen LogP contribution in [0.25, 0.3) is 0 Å². The van der Waals surface area contributed by atoms with E-state index in [1.807, 2.05) is 19.2 Å². The van der Waals surface area contributed by atoms with Gasteiger partial charge in [0.05, 0.1) is 5.54 Å². The fourth-order valence-corrected chi connectivity index (χ4v) is 1.34. The number of hydrogen-bond acceptors (Lipinski definition) is 1. The Labute approximate surface area is 92.6 Å². The number of rotatable bonds is 3. The van der Waals surface area contributed by atoms with Crippen molar-refractivity contribution in [3.63, 3.8) is 0 Å². The topological polar surface area (TPSA) is 12.4 Å². The molecule has 1 aromatic rings. The highest BCUT2D eigenvalue weighted by Gasteiger charge is 2.08. The normalized spacial score (nSPS) is 12.8. The lowest BCUT2D eigenvalue weighted by Crippen LogP contribution is -2.12. The maximum Gasteiger partial charge on any atom is 0.0731 e. The van der Waals surface area contributed by atoms with Gasteiger partial charge >= 0.3 is 0 Å². The maximum absolute atomic E-state index is 4.53.